The molecule has 0 radical (unpaired) electrons. The maximum atomic E-state index is 12.5. The summed E-state index contributed by atoms with van der Waals surface area (Å²) in [6.07, 6.45) is 1.80. The molecule has 0 unspecified atom stereocenters. The van der Waals surface area contributed by atoms with Crippen LogP contribution in [0.4, 0.5) is 5.69 Å². The highest BCUT2D eigenvalue weighted by Crippen LogP contribution is 2.37. The summed E-state index contributed by atoms with van der Waals surface area (Å²) in [5.74, 6) is 1.13. The van der Waals surface area contributed by atoms with Gasteiger partial charge in [0.2, 0.25) is 0 Å². The molecule has 1 heterocycles. The third kappa shape index (κ3) is 3.53. The van der Waals surface area contributed by atoms with Gasteiger partial charge in [0.25, 0.3) is 5.91 Å². The Hall–Kier alpha value is -2.73. The zero-order valence-electron chi connectivity index (χ0n) is 14.2. The van der Waals surface area contributed by atoms with E-state index in [1.807, 2.05) is 48.5 Å². The van der Waals surface area contributed by atoms with E-state index < -0.39 is 0 Å². The SMILES string of the molecule is COc1cccc(/C=C2/SC(=Nc3ccccc3)N(C)C2=O)c1OC. The second kappa shape index (κ2) is 7.44. The number of methoxy groups -OCH3 is 2. The van der Waals surface area contributed by atoms with Crippen LogP contribution in [-0.4, -0.2) is 37.2 Å². The molecule has 2 aromatic rings. The molecule has 0 aliphatic carbocycles. The first-order valence-electron chi connectivity index (χ1n) is 7.66. The lowest BCUT2D eigenvalue weighted by molar-refractivity contribution is -0.121. The average Bonchev–Trinajstić information content (AvgIpc) is 2.90. The van der Waals surface area contributed by atoms with Gasteiger partial charge in [-0.1, -0.05) is 30.3 Å². The van der Waals surface area contributed by atoms with Crippen LogP contribution in [0, 0.1) is 0 Å². The van der Waals surface area contributed by atoms with Gasteiger partial charge in [-0.3, -0.25) is 9.69 Å². The highest BCUT2D eigenvalue weighted by atomic mass is 32.2. The predicted octanol–water partition coefficient (Wildman–Crippen LogP) is 3.94. The van der Waals surface area contributed by atoms with Gasteiger partial charge in [-0.15, -0.1) is 0 Å². The molecule has 1 saturated heterocycles. The third-order valence-corrected chi connectivity index (χ3v) is 4.76. The summed E-state index contributed by atoms with van der Waals surface area (Å²) >= 11 is 1.34. The lowest BCUT2D eigenvalue weighted by Gasteiger charge is -2.10. The fraction of sp³-hybridized carbons (Fsp3) is 0.158. The van der Waals surface area contributed by atoms with Crippen molar-refractivity contribution in [2.24, 2.45) is 4.99 Å². The number of carbonyl (C=O) groups is 1. The number of amidine groups is 1. The van der Waals surface area contributed by atoms with E-state index in [2.05, 4.69) is 4.99 Å². The van der Waals surface area contributed by atoms with E-state index in [9.17, 15) is 4.79 Å². The topological polar surface area (TPSA) is 51.1 Å². The van der Waals surface area contributed by atoms with E-state index in [1.54, 1.807) is 32.2 Å². The quantitative estimate of drug-likeness (QED) is 0.781. The van der Waals surface area contributed by atoms with Crippen molar-refractivity contribution in [1.29, 1.82) is 0 Å². The van der Waals surface area contributed by atoms with Crippen LogP contribution in [0.5, 0.6) is 11.5 Å². The number of hydrogen-bond donors (Lipinski definition) is 0. The minimum absolute atomic E-state index is 0.0930. The molecule has 25 heavy (non-hydrogen) atoms. The molecule has 3 rings (SSSR count). The fourth-order valence-corrected chi connectivity index (χ4v) is 3.41. The normalized spacial score (nSPS) is 17.4. The number of para-hydroxylation sites is 2. The van der Waals surface area contributed by atoms with Crippen LogP contribution in [0.15, 0.2) is 58.4 Å². The molecule has 128 valence electrons. The van der Waals surface area contributed by atoms with Crippen molar-refractivity contribution in [3.8, 4) is 11.5 Å². The Morgan fingerprint density at radius 2 is 1.80 bits per heavy atom. The molecule has 0 atom stereocenters. The summed E-state index contributed by atoms with van der Waals surface area (Å²) in [5.41, 5.74) is 1.59. The predicted molar refractivity (Wildman–Crippen MR) is 101 cm³/mol. The number of thioether (sulfide) groups is 1. The molecule has 5 nitrogen and oxygen atoms in total. The second-order valence-corrected chi connectivity index (χ2v) is 6.30. The zero-order valence-corrected chi connectivity index (χ0v) is 15.0. The number of likely N-dealkylation sites (N-methyl/N-ethyl adjacent to an activating group) is 1. The molecular weight excluding hydrogens is 336 g/mol. The minimum atomic E-state index is -0.0930. The van der Waals surface area contributed by atoms with Gasteiger partial charge in [0.05, 0.1) is 24.8 Å². The van der Waals surface area contributed by atoms with Crippen molar-refractivity contribution >= 4 is 34.6 Å². The van der Waals surface area contributed by atoms with E-state index in [1.165, 1.54) is 11.8 Å². The van der Waals surface area contributed by atoms with E-state index in [-0.39, 0.29) is 5.91 Å². The molecule has 0 spiro atoms. The number of carbonyl (C=O) groups excluding carboxylic acids is 1. The Labute approximate surface area is 151 Å². The van der Waals surface area contributed by atoms with Crippen LogP contribution in [0.25, 0.3) is 6.08 Å². The number of hydrogen-bond acceptors (Lipinski definition) is 5. The first kappa shape index (κ1) is 17.1. The third-order valence-electron chi connectivity index (χ3n) is 3.70. The first-order valence-corrected chi connectivity index (χ1v) is 8.48. The Bertz CT molecular complexity index is 847. The summed E-state index contributed by atoms with van der Waals surface area (Å²) in [6, 6.07) is 15.1. The molecule has 1 aliphatic heterocycles. The number of ether oxygens (including phenoxy) is 2. The van der Waals surface area contributed by atoms with Gasteiger partial charge in [-0.25, -0.2) is 4.99 Å². The summed E-state index contributed by atoms with van der Waals surface area (Å²) < 4.78 is 10.7. The van der Waals surface area contributed by atoms with Crippen LogP contribution in [0.1, 0.15) is 5.56 Å². The zero-order chi connectivity index (χ0) is 17.8. The van der Waals surface area contributed by atoms with Crippen molar-refractivity contribution in [1.82, 2.24) is 4.90 Å². The number of nitrogens with zero attached hydrogens (tertiary/aromatic N) is 2. The van der Waals surface area contributed by atoms with Gasteiger partial charge in [0.1, 0.15) is 0 Å². The molecule has 1 fully saturated rings. The van der Waals surface area contributed by atoms with Gasteiger partial charge in [-0.05, 0) is 36.0 Å². The molecule has 1 amide bonds. The van der Waals surface area contributed by atoms with Crippen LogP contribution in [0.3, 0.4) is 0 Å². The van der Waals surface area contributed by atoms with Crippen LogP contribution >= 0.6 is 11.8 Å². The van der Waals surface area contributed by atoms with Gasteiger partial charge in [-0.2, -0.15) is 0 Å². The highest BCUT2D eigenvalue weighted by molar-refractivity contribution is 8.18. The van der Waals surface area contributed by atoms with Crippen molar-refractivity contribution in [3.05, 3.63) is 59.0 Å². The number of rotatable bonds is 4. The van der Waals surface area contributed by atoms with Crippen molar-refractivity contribution in [2.45, 2.75) is 0 Å². The van der Waals surface area contributed by atoms with Crippen LogP contribution < -0.4 is 9.47 Å². The van der Waals surface area contributed by atoms with Gasteiger partial charge in [0.15, 0.2) is 16.7 Å². The molecule has 0 aromatic heterocycles. The fourth-order valence-electron chi connectivity index (χ4n) is 2.43. The Morgan fingerprint density at radius 3 is 2.48 bits per heavy atom. The van der Waals surface area contributed by atoms with E-state index >= 15 is 0 Å². The van der Waals surface area contributed by atoms with Crippen LogP contribution in [0.2, 0.25) is 0 Å². The molecule has 1 aliphatic rings. The lowest BCUT2D eigenvalue weighted by Crippen LogP contribution is -2.23. The average molecular weight is 354 g/mol. The highest BCUT2D eigenvalue weighted by Gasteiger charge is 2.30. The maximum absolute atomic E-state index is 12.5. The lowest BCUT2D eigenvalue weighted by atomic mass is 10.1. The molecule has 0 N–H and O–H groups in total. The largest absolute Gasteiger partial charge is 0.493 e. The summed E-state index contributed by atoms with van der Waals surface area (Å²) in [7, 11) is 4.89. The smallest absolute Gasteiger partial charge is 0.266 e. The van der Waals surface area contributed by atoms with E-state index in [4.69, 9.17) is 9.47 Å². The number of benzene rings is 2. The van der Waals surface area contributed by atoms with Crippen molar-refractivity contribution < 1.29 is 14.3 Å². The first-order chi connectivity index (χ1) is 12.1. The molecule has 2 aromatic carbocycles. The van der Waals surface area contributed by atoms with Gasteiger partial charge < -0.3 is 9.47 Å². The number of aliphatic imine (C=N–C) groups is 1. The Morgan fingerprint density at radius 1 is 1.04 bits per heavy atom. The second-order valence-electron chi connectivity index (χ2n) is 5.29. The molecular formula is C19H18N2O3S. The van der Waals surface area contributed by atoms with Crippen LogP contribution in [-0.2, 0) is 4.79 Å². The van der Waals surface area contributed by atoms with Crippen molar-refractivity contribution in [3.63, 3.8) is 0 Å². The summed E-state index contributed by atoms with van der Waals surface area (Å²) in [5, 5.41) is 0.643. The minimum Gasteiger partial charge on any atom is -0.493 e. The monoisotopic (exact) mass is 354 g/mol. The molecule has 0 saturated carbocycles. The molecule has 0 bridgehead atoms. The van der Waals surface area contributed by atoms with E-state index in [0.717, 1.165) is 11.3 Å². The van der Waals surface area contributed by atoms with E-state index in [0.29, 0.717) is 21.6 Å². The van der Waals surface area contributed by atoms with Gasteiger partial charge in [0, 0.05) is 12.6 Å². The van der Waals surface area contributed by atoms with Gasteiger partial charge >= 0.3 is 0 Å². The summed E-state index contributed by atoms with van der Waals surface area (Å²) in [6.45, 7) is 0. The Kier molecular flexibility index (Phi) is 5.09. The van der Waals surface area contributed by atoms with Crippen molar-refractivity contribution in [2.75, 3.05) is 21.3 Å². The standard InChI is InChI=1S/C19H18N2O3S/c1-21-18(22)16(25-19(21)20-14-9-5-4-6-10-14)12-13-8-7-11-15(23-2)17(13)24-3/h4-12H,1-3H3/b16-12+,20-19?. The molecule has 6 heteroatoms. The number of amides is 1. The maximum Gasteiger partial charge on any atom is 0.266 e. The summed E-state index contributed by atoms with van der Waals surface area (Å²) in [4.78, 5) is 19.2. The Balaban J connectivity index is 1.95.